The molecule has 2 N–H and O–H groups in total. The first-order valence-corrected chi connectivity index (χ1v) is 9.61. The van der Waals surface area contributed by atoms with Crippen molar-refractivity contribution in [2.24, 2.45) is 14.6 Å². The fourth-order valence-electron chi connectivity index (χ4n) is 1.65. The lowest BCUT2D eigenvalue weighted by Gasteiger charge is -2.13. The molecule has 154 valence electrons. The van der Waals surface area contributed by atoms with Gasteiger partial charge in [0.15, 0.2) is 0 Å². The highest BCUT2D eigenvalue weighted by Gasteiger charge is 2.47. The summed E-state index contributed by atoms with van der Waals surface area (Å²) in [5, 5.41) is 15.8. The fourth-order valence-corrected chi connectivity index (χ4v) is 3.18. The third-order valence-corrected chi connectivity index (χ3v) is 5.42. The zero-order valence-electron chi connectivity index (χ0n) is 14.2. The van der Waals surface area contributed by atoms with Gasteiger partial charge in [-0.1, -0.05) is 25.2 Å². The van der Waals surface area contributed by atoms with Crippen molar-refractivity contribution in [3.05, 3.63) is 23.2 Å². The van der Waals surface area contributed by atoms with Crippen molar-refractivity contribution < 1.29 is 30.3 Å². The molecule has 15 heteroatoms. The molecule has 1 aromatic heterocycles. The lowest BCUT2D eigenvalue weighted by atomic mass is 10.2. The van der Waals surface area contributed by atoms with Crippen LogP contribution < -0.4 is 5.73 Å². The van der Waals surface area contributed by atoms with Crippen LogP contribution in [0.3, 0.4) is 0 Å². The van der Waals surface area contributed by atoms with Crippen molar-refractivity contribution in [1.82, 2.24) is 10.2 Å². The van der Waals surface area contributed by atoms with Crippen LogP contribution in [0.5, 0.6) is 0 Å². The number of rotatable bonds is 6. The number of alkyl halides is 5. The van der Waals surface area contributed by atoms with E-state index in [9.17, 15) is 26.2 Å². The van der Waals surface area contributed by atoms with E-state index in [2.05, 4.69) is 29.0 Å². The zero-order chi connectivity index (χ0) is 21.1. The van der Waals surface area contributed by atoms with Gasteiger partial charge in [0.2, 0.25) is 0 Å². The highest BCUT2D eigenvalue weighted by molar-refractivity contribution is 7.90. The fraction of sp³-hybridized carbons (Fsp3) is 0.385. The van der Waals surface area contributed by atoms with Gasteiger partial charge < -0.3 is 5.73 Å². The van der Waals surface area contributed by atoms with Crippen LogP contribution in [-0.2, 0) is 14.2 Å². The Labute approximate surface area is 160 Å². The Kier molecular flexibility index (Phi) is 6.61. The Morgan fingerprint density at radius 3 is 2.39 bits per heavy atom. The van der Waals surface area contributed by atoms with Gasteiger partial charge in [-0.25, -0.2) is 8.39 Å². The first-order chi connectivity index (χ1) is 12.9. The molecule has 0 aliphatic carbocycles. The van der Waals surface area contributed by atoms with Gasteiger partial charge in [0.1, 0.15) is 16.4 Å². The van der Waals surface area contributed by atoms with Crippen LogP contribution in [-0.4, -0.2) is 26.5 Å². The quantitative estimate of drug-likeness (QED) is 0.362. The van der Waals surface area contributed by atoms with Crippen LogP contribution in [0.15, 0.2) is 32.8 Å². The molecule has 1 aromatic carbocycles. The molecule has 1 heterocycles. The maximum Gasteiger partial charge on any atom is 0.504 e. The van der Waals surface area contributed by atoms with Gasteiger partial charge in [-0.05, 0) is 18.2 Å². The van der Waals surface area contributed by atoms with E-state index in [0.29, 0.717) is 5.01 Å². The molecule has 0 aliphatic rings. The van der Waals surface area contributed by atoms with E-state index < -0.39 is 27.8 Å². The van der Waals surface area contributed by atoms with Crippen molar-refractivity contribution in [3.63, 3.8) is 0 Å². The second-order valence-electron chi connectivity index (χ2n) is 5.39. The molecule has 1 atom stereocenters. The summed E-state index contributed by atoms with van der Waals surface area (Å²) in [6.45, 7) is -0.232. The highest BCUT2D eigenvalue weighted by atomic mass is 32.2. The molecule has 1 unspecified atom stereocenters. The molecule has 0 aliphatic heterocycles. The molecule has 0 spiro atoms. The lowest BCUT2D eigenvalue weighted by Crippen LogP contribution is -2.27. The van der Waals surface area contributed by atoms with Crippen molar-refractivity contribution in [2.45, 2.75) is 31.9 Å². The molecule has 2 rings (SSSR count). The number of nitrogen functional groups attached to an aromatic ring is 1. The highest BCUT2D eigenvalue weighted by Crippen LogP contribution is 2.38. The van der Waals surface area contributed by atoms with Gasteiger partial charge >= 0.3 is 12.1 Å². The van der Waals surface area contributed by atoms with Crippen molar-refractivity contribution >= 4 is 43.5 Å². The van der Waals surface area contributed by atoms with Crippen LogP contribution in [0.2, 0.25) is 0 Å². The molecule has 0 saturated carbocycles. The number of hydrogen-bond donors (Lipinski definition) is 1. The number of azo groups is 1. The number of nitrogens with zero attached hydrogens (tertiary/aromatic N) is 5. The Hall–Kier alpha value is -2.26. The summed E-state index contributed by atoms with van der Waals surface area (Å²) in [5.41, 5.74) is -1.28. The second kappa shape index (κ2) is 8.40. The summed E-state index contributed by atoms with van der Waals surface area (Å²) in [7, 11) is -5.79. The first kappa shape index (κ1) is 22.0. The largest absolute Gasteiger partial charge is 0.504 e. The Balaban J connectivity index is 2.51. The maximum atomic E-state index is 13.0. The second-order valence-corrected chi connectivity index (χ2v) is 8.17. The van der Waals surface area contributed by atoms with E-state index in [4.69, 9.17) is 5.73 Å². The monoisotopic (exact) mass is 444 g/mol. The molecule has 0 saturated heterocycles. The average Bonchev–Trinajstić information content (AvgIpc) is 3.01. The molecule has 8 nitrogen and oxygen atoms in total. The standard InChI is InChI=1S/C13H13F5N6O2S2/c1-6(2)10-21-23-12(27-10)22-20-8-4-3-7(19)5-9(8)24-28(25,13(16,17)18)26-11(14)15/h3-6,11H,19H2,1-2H3. The predicted octanol–water partition coefficient (Wildman–Crippen LogP) is 5.43. The zero-order valence-corrected chi connectivity index (χ0v) is 15.9. The molecule has 0 bridgehead atoms. The summed E-state index contributed by atoms with van der Waals surface area (Å²) in [5.74, 6) is 0.0755. The smallest absolute Gasteiger partial charge is 0.399 e. The lowest BCUT2D eigenvalue weighted by molar-refractivity contribution is -0.0856. The van der Waals surface area contributed by atoms with Crippen molar-refractivity contribution in [1.29, 1.82) is 0 Å². The number of hydrogen-bond acceptors (Lipinski definition) is 9. The molecular weight excluding hydrogens is 431 g/mol. The molecule has 0 amide bonds. The minimum Gasteiger partial charge on any atom is -0.399 e. The van der Waals surface area contributed by atoms with E-state index in [-0.39, 0.29) is 22.4 Å². The number of nitrogens with two attached hydrogens (primary N) is 1. The third-order valence-electron chi connectivity index (χ3n) is 2.88. The Bertz CT molecular complexity index is 982. The average molecular weight is 444 g/mol. The van der Waals surface area contributed by atoms with Gasteiger partial charge in [0.05, 0.1) is 0 Å². The minimum absolute atomic E-state index is 0.0725. The van der Waals surface area contributed by atoms with E-state index in [0.717, 1.165) is 23.5 Å². The van der Waals surface area contributed by atoms with Crippen LogP contribution in [0.1, 0.15) is 24.8 Å². The topological polar surface area (TPSA) is 115 Å². The van der Waals surface area contributed by atoms with E-state index in [1.54, 1.807) is 0 Å². The normalized spacial score (nSPS) is 14.8. The summed E-state index contributed by atoms with van der Waals surface area (Å²) in [4.78, 5) is 0. The molecule has 0 radical (unpaired) electrons. The van der Waals surface area contributed by atoms with E-state index in [1.165, 1.54) is 6.07 Å². The van der Waals surface area contributed by atoms with Gasteiger partial charge in [0, 0.05) is 11.6 Å². The third kappa shape index (κ3) is 5.39. The maximum absolute atomic E-state index is 13.0. The van der Waals surface area contributed by atoms with Crippen LogP contribution in [0.25, 0.3) is 0 Å². The molecule has 2 aromatic rings. The van der Waals surface area contributed by atoms with Crippen LogP contribution >= 0.6 is 11.3 Å². The van der Waals surface area contributed by atoms with E-state index in [1.807, 2.05) is 13.8 Å². The minimum atomic E-state index is -5.79. The number of aromatic nitrogens is 2. The van der Waals surface area contributed by atoms with Gasteiger partial charge in [-0.15, -0.1) is 20.4 Å². The molecular formula is C13H13F5N6O2S2. The summed E-state index contributed by atoms with van der Waals surface area (Å²) >= 11 is 1.10. The first-order valence-electron chi connectivity index (χ1n) is 7.36. The number of benzene rings is 1. The van der Waals surface area contributed by atoms with Crippen LogP contribution in [0.4, 0.5) is 44.1 Å². The molecule has 0 fully saturated rings. The summed E-state index contributed by atoms with van der Waals surface area (Å²) in [6.07, 6.45) is 0. The predicted molar refractivity (Wildman–Crippen MR) is 92.4 cm³/mol. The van der Waals surface area contributed by atoms with Gasteiger partial charge in [0.25, 0.3) is 15.1 Å². The van der Waals surface area contributed by atoms with Gasteiger partial charge in [-0.2, -0.15) is 26.3 Å². The van der Waals surface area contributed by atoms with Crippen LogP contribution in [0, 0.1) is 0 Å². The van der Waals surface area contributed by atoms with Gasteiger partial charge in [-0.3, -0.25) is 0 Å². The Morgan fingerprint density at radius 2 is 1.86 bits per heavy atom. The van der Waals surface area contributed by atoms with Crippen molar-refractivity contribution in [2.75, 3.05) is 5.73 Å². The summed E-state index contributed by atoms with van der Waals surface area (Å²) in [6, 6.07) is 3.26. The SMILES string of the molecule is CC(C)c1nnc(N=Nc2ccc(N)cc2N=S(=O)(OC(F)F)C(F)(F)F)s1. The van der Waals surface area contributed by atoms with E-state index >= 15 is 0 Å². The van der Waals surface area contributed by atoms with Crippen molar-refractivity contribution in [3.8, 4) is 0 Å². The number of halogens is 5. The molecule has 28 heavy (non-hydrogen) atoms. The summed E-state index contributed by atoms with van der Waals surface area (Å²) < 4.78 is 81.6. The Morgan fingerprint density at radius 1 is 1.18 bits per heavy atom. The number of anilines is 1.